The van der Waals surface area contributed by atoms with Crippen LogP contribution >= 0.6 is 0 Å². The van der Waals surface area contributed by atoms with Crippen molar-refractivity contribution in [1.29, 1.82) is 0 Å². The van der Waals surface area contributed by atoms with Gasteiger partial charge in [-0.25, -0.2) is 0 Å². The molecule has 132 valence electrons. The largest absolute Gasteiger partial charge is 0.468 e. The summed E-state index contributed by atoms with van der Waals surface area (Å²) < 4.78 is 4.72. The molecule has 0 aliphatic heterocycles. The van der Waals surface area contributed by atoms with E-state index in [1.54, 1.807) is 0 Å². The van der Waals surface area contributed by atoms with Gasteiger partial charge in [0.25, 0.3) is 0 Å². The summed E-state index contributed by atoms with van der Waals surface area (Å²) in [5, 5.41) is 0. The minimum atomic E-state index is -0.652. The van der Waals surface area contributed by atoms with Crippen molar-refractivity contribution in [3.05, 3.63) is 76.9 Å². The molecule has 2 rings (SSSR count). The van der Waals surface area contributed by atoms with Gasteiger partial charge in [0, 0.05) is 0 Å². The molecule has 0 saturated carbocycles. The van der Waals surface area contributed by atoms with E-state index in [4.69, 9.17) is 10.5 Å². The molecule has 0 bridgehead atoms. The lowest BCUT2D eigenvalue weighted by molar-refractivity contribution is -0.142. The molecule has 2 N–H and O–H groups in total. The standard InChI is InChI=1S/C22H27NO2/c1-15(2)17-9-11-19(12-10-17)20(13-14-21(23)22(24)25-4)18-7-5-16(3)6-8-18/h5-13,15,21H,14,23H2,1-4H3/b20-13+. The smallest absolute Gasteiger partial charge is 0.322 e. The van der Waals surface area contributed by atoms with Crippen molar-refractivity contribution in [3.63, 3.8) is 0 Å². The molecule has 0 aliphatic carbocycles. The normalized spacial score (nSPS) is 13.0. The third-order valence-electron chi connectivity index (χ3n) is 4.33. The second kappa shape index (κ2) is 8.63. The first kappa shape index (κ1) is 18.9. The highest BCUT2D eigenvalue weighted by Gasteiger charge is 2.13. The fraction of sp³-hybridized carbons (Fsp3) is 0.318. The zero-order valence-corrected chi connectivity index (χ0v) is 15.5. The van der Waals surface area contributed by atoms with Crippen LogP contribution in [0.2, 0.25) is 0 Å². The first-order chi connectivity index (χ1) is 11.9. The molecule has 1 unspecified atom stereocenters. The van der Waals surface area contributed by atoms with Gasteiger partial charge in [0.15, 0.2) is 0 Å². The van der Waals surface area contributed by atoms with Gasteiger partial charge < -0.3 is 10.5 Å². The lowest BCUT2D eigenvalue weighted by Gasteiger charge is -2.13. The quantitative estimate of drug-likeness (QED) is 0.793. The Morgan fingerprint density at radius 3 is 2.04 bits per heavy atom. The number of rotatable bonds is 6. The zero-order valence-electron chi connectivity index (χ0n) is 15.5. The number of nitrogens with two attached hydrogens (primary N) is 1. The van der Waals surface area contributed by atoms with Crippen LogP contribution in [0.15, 0.2) is 54.6 Å². The van der Waals surface area contributed by atoms with E-state index in [2.05, 4.69) is 69.3 Å². The predicted molar refractivity (Wildman–Crippen MR) is 103 cm³/mol. The Balaban J connectivity index is 2.37. The summed E-state index contributed by atoms with van der Waals surface area (Å²) in [5.41, 5.74) is 11.7. The fourth-order valence-corrected chi connectivity index (χ4v) is 2.68. The molecule has 0 radical (unpaired) electrons. The van der Waals surface area contributed by atoms with Gasteiger partial charge in [-0.2, -0.15) is 0 Å². The number of aryl methyl sites for hydroxylation is 1. The average Bonchev–Trinajstić information content (AvgIpc) is 2.62. The Hall–Kier alpha value is -2.39. The Morgan fingerprint density at radius 2 is 1.56 bits per heavy atom. The summed E-state index contributed by atoms with van der Waals surface area (Å²) >= 11 is 0. The lowest BCUT2D eigenvalue weighted by atomic mass is 9.93. The second-order valence-corrected chi connectivity index (χ2v) is 6.63. The van der Waals surface area contributed by atoms with Crippen LogP contribution < -0.4 is 5.73 Å². The van der Waals surface area contributed by atoms with E-state index >= 15 is 0 Å². The third kappa shape index (κ3) is 5.04. The molecular formula is C22H27NO2. The molecule has 0 aromatic heterocycles. The molecule has 0 fully saturated rings. The topological polar surface area (TPSA) is 52.3 Å². The number of carbonyl (C=O) groups is 1. The number of carbonyl (C=O) groups excluding carboxylic acids is 1. The van der Waals surface area contributed by atoms with E-state index in [1.807, 2.05) is 6.08 Å². The summed E-state index contributed by atoms with van der Waals surface area (Å²) in [6.45, 7) is 6.43. The summed E-state index contributed by atoms with van der Waals surface area (Å²) in [6, 6.07) is 16.3. The van der Waals surface area contributed by atoms with Gasteiger partial charge in [0.1, 0.15) is 6.04 Å². The van der Waals surface area contributed by atoms with Crippen molar-refractivity contribution in [3.8, 4) is 0 Å². The number of hydrogen-bond acceptors (Lipinski definition) is 3. The van der Waals surface area contributed by atoms with Crippen molar-refractivity contribution in [2.45, 2.75) is 39.2 Å². The summed E-state index contributed by atoms with van der Waals surface area (Å²) in [4.78, 5) is 11.6. The number of esters is 1. The molecule has 25 heavy (non-hydrogen) atoms. The summed E-state index contributed by atoms with van der Waals surface area (Å²) in [5.74, 6) is 0.100. The number of ether oxygens (including phenoxy) is 1. The van der Waals surface area contributed by atoms with Crippen LogP contribution in [0.4, 0.5) is 0 Å². The monoisotopic (exact) mass is 337 g/mol. The van der Waals surface area contributed by atoms with Crippen LogP contribution in [0, 0.1) is 6.92 Å². The van der Waals surface area contributed by atoms with Crippen molar-refractivity contribution < 1.29 is 9.53 Å². The van der Waals surface area contributed by atoms with Gasteiger partial charge in [0.05, 0.1) is 7.11 Å². The fourth-order valence-electron chi connectivity index (χ4n) is 2.68. The van der Waals surface area contributed by atoms with Gasteiger partial charge in [-0.05, 0) is 41.5 Å². The maximum atomic E-state index is 11.6. The average molecular weight is 337 g/mol. The Bertz CT molecular complexity index is 728. The van der Waals surface area contributed by atoms with Gasteiger partial charge in [-0.1, -0.05) is 74.0 Å². The van der Waals surface area contributed by atoms with Crippen molar-refractivity contribution >= 4 is 11.5 Å². The summed E-state index contributed by atoms with van der Waals surface area (Å²) in [6.07, 6.45) is 2.46. The predicted octanol–water partition coefficient (Wildman–Crippen LogP) is 4.44. The van der Waals surface area contributed by atoms with Gasteiger partial charge >= 0.3 is 5.97 Å². The summed E-state index contributed by atoms with van der Waals surface area (Å²) in [7, 11) is 1.36. The maximum absolute atomic E-state index is 11.6. The second-order valence-electron chi connectivity index (χ2n) is 6.63. The molecule has 0 heterocycles. The molecule has 0 spiro atoms. The van der Waals surface area contributed by atoms with E-state index in [9.17, 15) is 4.79 Å². The molecule has 3 heteroatoms. The molecule has 1 atom stereocenters. The zero-order chi connectivity index (χ0) is 18.4. The van der Waals surface area contributed by atoms with Crippen LogP contribution in [-0.2, 0) is 9.53 Å². The highest BCUT2D eigenvalue weighted by atomic mass is 16.5. The van der Waals surface area contributed by atoms with Crippen LogP contribution in [0.1, 0.15) is 48.4 Å². The molecule has 3 nitrogen and oxygen atoms in total. The minimum absolute atomic E-state index is 0.394. The van der Waals surface area contributed by atoms with E-state index in [1.165, 1.54) is 18.2 Å². The SMILES string of the molecule is COC(=O)C(N)C/C=C(\c1ccc(C)cc1)c1ccc(C(C)C)cc1. The van der Waals surface area contributed by atoms with Crippen molar-refractivity contribution in [1.82, 2.24) is 0 Å². The van der Waals surface area contributed by atoms with Gasteiger partial charge in [0.2, 0.25) is 0 Å². The third-order valence-corrected chi connectivity index (χ3v) is 4.33. The maximum Gasteiger partial charge on any atom is 0.322 e. The van der Waals surface area contributed by atoms with E-state index < -0.39 is 12.0 Å². The van der Waals surface area contributed by atoms with E-state index in [0.717, 1.165) is 16.7 Å². The van der Waals surface area contributed by atoms with Gasteiger partial charge in [-0.15, -0.1) is 0 Å². The lowest BCUT2D eigenvalue weighted by Crippen LogP contribution is -2.30. The van der Waals surface area contributed by atoms with Crippen LogP contribution in [0.5, 0.6) is 0 Å². The molecular weight excluding hydrogens is 310 g/mol. The van der Waals surface area contributed by atoms with E-state index in [0.29, 0.717) is 12.3 Å². The first-order valence-corrected chi connectivity index (χ1v) is 8.63. The Kier molecular flexibility index (Phi) is 6.54. The van der Waals surface area contributed by atoms with Gasteiger partial charge in [-0.3, -0.25) is 4.79 Å². The van der Waals surface area contributed by atoms with Crippen LogP contribution in [-0.4, -0.2) is 19.1 Å². The Morgan fingerprint density at radius 1 is 1.04 bits per heavy atom. The molecule has 0 aliphatic rings. The first-order valence-electron chi connectivity index (χ1n) is 8.63. The highest BCUT2D eigenvalue weighted by Crippen LogP contribution is 2.26. The molecule has 2 aromatic rings. The molecule has 2 aromatic carbocycles. The van der Waals surface area contributed by atoms with Crippen molar-refractivity contribution in [2.75, 3.05) is 7.11 Å². The number of hydrogen-bond donors (Lipinski definition) is 1. The van der Waals surface area contributed by atoms with Crippen LogP contribution in [0.25, 0.3) is 5.57 Å². The molecule has 0 amide bonds. The van der Waals surface area contributed by atoms with Crippen molar-refractivity contribution in [2.24, 2.45) is 5.73 Å². The number of benzene rings is 2. The van der Waals surface area contributed by atoms with Crippen LogP contribution in [0.3, 0.4) is 0 Å². The minimum Gasteiger partial charge on any atom is -0.468 e. The highest BCUT2D eigenvalue weighted by molar-refractivity contribution is 5.81. The molecule has 0 saturated heterocycles. The van der Waals surface area contributed by atoms with E-state index in [-0.39, 0.29) is 0 Å². The number of methoxy groups -OCH3 is 1. The Labute approximate surface area is 150 Å².